The smallest absolute Gasteiger partial charge is 0.109 e. The van der Waals surface area contributed by atoms with Gasteiger partial charge in [-0.3, -0.25) is 0 Å². The van der Waals surface area contributed by atoms with E-state index in [1.165, 1.54) is 0 Å². The highest BCUT2D eigenvalue weighted by molar-refractivity contribution is 6.51. The molecule has 1 fully saturated rings. The first-order chi connectivity index (χ1) is 5.40. The van der Waals surface area contributed by atoms with Crippen molar-refractivity contribution in [3.05, 3.63) is 10.1 Å². The van der Waals surface area contributed by atoms with Crippen LogP contribution in [0.3, 0.4) is 0 Å². The molecule has 0 unspecified atom stereocenters. The number of halogens is 4. The van der Waals surface area contributed by atoms with Crippen LogP contribution in [-0.2, 0) is 0 Å². The lowest BCUT2D eigenvalue weighted by molar-refractivity contribution is 0.158. The molecule has 68 valence electrons. The van der Waals surface area contributed by atoms with Gasteiger partial charge in [0.05, 0.1) is 21.0 Å². The number of allylic oxidation sites excluding steroid dienone is 1. The fourth-order valence-corrected chi connectivity index (χ4v) is 3.54. The maximum Gasteiger partial charge on any atom is 0.109 e. The van der Waals surface area contributed by atoms with Gasteiger partial charge in [-0.1, -0.05) is 23.2 Å². The highest BCUT2D eigenvalue weighted by Gasteiger charge is 2.62. The fourth-order valence-electron chi connectivity index (χ4n) is 1.84. The predicted octanol–water partition coefficient (Wildman–Crippen LogP) is 2.80. The van der Waals surface area contributed by atoms with Crippen molar-refractivity contribution in [3.63, 3.8) is 0 Å². The first kappa shape index (κ1) is 9.42. The van der Waals surface area contributed by atoms with Crippen LogP contribution >= 0.6 is 46.4 Å². The second kappa shape index (κ2) is 2.46. The van der Waals surface area contributed by atoms with Gasteiger partial charge >= 0.3 is 0 Å². The van der Waals surface area contributed by atoms with Crippen LogP contribution in [0.1, 0.15) is 12.8 Å². The maximum absolute atomic E-state index is 9.54. The Bertz CT molecular complexity index is 277. The third-order valence-corrected chi connectivity index (χ3v) is 4.95. The van der Waals surface area contributed by atoms with Crippen LogP contribution in [0.25, 0.3) is 0 Å². The topological polar surface area (TPSA) is 20.2 Å². The quantitative estimate of drug-likeness (QED) is 0.653. The summed E-state index contributed by atoms with van der Waals surface area (Å²) in [6.07, 6.45) is 0.112. The van der Waals surface area contributed by atoms with Crippen LogP contribution < -0.4 is 0 Å². The van der Waals surface area contributed by atoms with E-state index in [2.05, 4.69) is 0 Å². The molecule has 1 nitrogen and oxygen atoms in total. The van der Waals surface area contributed by atoms with Crippen molar-refractivity contribution in [2.75, 3.05) is 0 Å². The number of hydrogen-bond donors (Lipinski definition) is 1. The first-order valence-electron chi connectivity index (χ1n) is 3.52. The molecule has 0 saturated heterocycles. The third-order valence-electron chi connectivity index (χ3n) is 2.53. The maximum atomic E-state index is 9.54. The Labute approximate surface area is 90.2 Å². The van der Waals surface area contributed by atoms with E-state index in [0.29, 0.717) is 22.9 Å². The Morgan fingerprint density at radius 3 is 2.17 bits per heavy atom. The molecule has 0 aromatic heterocycles. The zero-order valence-corrected chi connectivity index (χ0v) is 8.97. The van der Waals surface area contributed by atoms with Gasteiger partial charge in [-0.15, -0.1) is 23.2 Å². The molecule has 2 bridgehead atoms. The number of rotatable bonds is 0. The lowest BCUT2D eigenvalue weighted by atomic mass is 10.0. The summed E-state index contributed by atoms with van der Waals surface area (Å²) >= 11 is 23.9. The molecule has 2 aliphatic rings. The molecule has 0 aromatic rings. The predicted molar refractivity (Wildman–Crippen MR) is 51.1 cm³/mol. The molecule has 2 aliphatic carbocycles. The van der Waals surface area contributed by atoms with E-state index in [-0.39, 0.29) is 0 Å². The summed E-state index contributed by atoms with van der Waals surface area (Å²) in [4.78, 5) is -1.65. The van der Waals surface area contributed by atoms with Crippen LogP contribution in [0.2, 0.25) is 0 Å². The highest BCUT2D eigenvalue weighted by Crippen LogP contribution is 2.62. The Hall–Kier alpha value is 0.860. The third kappa shape index (κ3) is 0.921. The van der Waals surface area contributed by atoms with Crippen LogP contribution in [0.15, 0.2) is 10.1 Å². The number of alkyl halides is 2. The molecule has 12 heavy (non-hydrogen) atoms. The number of hydrogen-bond acceptors (Lipinski definition) is 1. The molecular formula is C7H6Cl4O. The van der Waals surface area contributed by atoms with Gasteiger partial charge in [0.15, 0.2) is 0 Å². The standard InChI is InChI=1S/C7H6Cl4O/c8-4-5(9)7(11)2-6(4,10)1-3(7)12/h3,12H,1-2H2/t3-,6-,7+/m0/s1. The normalized spacial score (nSPS) is 52.2. The summed E-state index contributed by atoms with van der Waals surface area (Å²) in [6, 6.07) is 0. The Balaban J connectivity index is 2.54. The van der Waals surface area contributed by atoms with Gasteiger partial charge < -0.3 is 5.11 Å². The second-order valence-electron chi connectivity index (χ2n) is 3.35. The first-order valence-corrected chi connectivity index (χ1v) is 5.03. The van der Waals surface area contributed by atoms with Gasteiger partial charge in [0.25, 0.3) is 0 Å². The van der Waals surface area contributed by atoms with Crippen molar-refractivity contribution in [1.82, 2.24) is 0 Å². The van der Waals surface area contributed by atoms with Gasteiger partial charge in [-0.25, -0.2) is 0 Å². The van der Waals surface area contributed by atoms with E-state index in [0.717, 1.165) is 0 Å². The van der Waals surface area contributed by atoms with Crippen molar-refractivity contribution in [2.45, 2.75) is 28.7 Å². The SMILES string of the molecule is O[C@H]1C[C@]2(Cl)C[C@]1(Cl)C(Cl)=C2Cl. The average Bonchev–Trinajstić information content (AvgIpc) is 2.29. The Morgan fingerprint density at radius 2 is 1.83 bits per heavy atom. The van der Waals surface area contributed by atoms with Gasteiger partial charge in [0.1, 0.15) is 4.87 Å². The van der Waals surface area contributed by atoms with Crippen LogP contribution in [0.5, 0.6) is 0 Å². The summed E-state index contributed by atoms with van der Waals surface area (Å²) < 4.78 is 0. The summed E-state index contributed by atoms with van der Waals surface area (Å²) in [5.74, 6) is 0. The van der Waals surface area contributed by atoms with E-state index >= 15 is 0 Å². The summed E-state index contributed by atoms with van der Waals surface area (Å²) in [5.41, 5.74) is 0. The lowest BCUT2D eigenvalue weighted by Gasteiger charge is -2.25. The van der Waals surface area contributed by atoms with Crippen LogP contribution in [-0.4, -0.2) is 21.0 Å². The molecule has 0 spiro atoms. The zero-order chi connectivity index (χ0) is 9.15. The van der Waals surface area contributed by atoms with Crippen molar-refractivity contribution in [3.8, 4) is 0 Å². The van der Waals surface area contributed by atoms with Crippen LogP contribution in [0.4, 0.5) is 0 Å². The van der Waals surface area contributed by atoms with Gasteiger partial charge in [0.2, 0.25) is 0 Å². The fraction of sp³-hybridized carbons (Fsp3) is 0.714. The van der Waals surface area contributed by atoms with Crippen molar-refractivity contribution in [1.29, 1.82) is 0 Å². The van der Waals surface area contributed by atoms with E-state index in [1.54, 1.807) is 0 Å². The van der Waals surface area contributed by atoms with Crippen LogP contribution in [0, 0.1) is 0 Å². The van der Waals surface area contributed by atoms with Crippen molar-refractivity contribution < 1.29 is 5.11 Å². The molecule has 5 heteroatoms. The van der Waals surface area contributed by atoms with Gasteiger partial charge in [-0.05, 0) is 12.8 Å². The average molecular weight is 248 g/mol. The molecule has 2 rings (SSSR count). The van der Waals surface area contributed by atoms with E-state index in [9.17, 15) is 5.11 Å². The number of aliphatic hydroxyl groups excluding tert-OH is 1. The lowest BCUT2D eigenvalue weighted by Crippen LogP contribution is -2.32. The highest BCUT2D eigenvalue weighted by atomic mass is 35.5. The molecule has 0 aromatic carbocycles. The molecule has 1 N–H and O–H groups in total. The molecular weight excluding hydrogens is 242 g/mol. The van der Waals surface area contributed by atoms with E-state index < -0.39 is 15.9 Å². The summed E-state index contributed by atoms with van der Waals surface area (Å²) in [5, 5.41) is 10.2. The molecule has 0 aliphatic heterocycles. The minimum Gasteiger partial charge on any atom is -0.391 e. The Morgan fingerprint density at radius 1 is 1.25 bits per heavy atom. The molecule has 0 amide bonds. The molecule has 3 atom stereocenters. The minimum absolute atomic E-state index is 0.305. The Kier molecular flexibility index (Phi) is 1.93. The van der Waals surface area contributed by atoms with E-state index in [4.69, 9.17) is 46.4 Å². The molecule has 0 radical (unpaired) electrons. The monoisotopic (exact) mass is 246 g/mol. The minimum atomic E-state index is -0.930. The summed E-state index contributed by atoms with van der Waals surface area (Å²) in [7, 11) is 0. The van der Waals surface area contributed by atoms with Gasteiger partial charge in [-0.2, -0.15) is 0 Å². The zero-order valence-electron chi connectivity index (χ0n) is 5.95. The number of fused-ring (bicyclic) bond motifs is 2. The summed E-state index contributed by atoms with van der Waals surface area (Å²) in [6.45, 7) is 0. The van der Waals surface area contributed by atoms with Gasteiger partial charge in [0, 0.05) is 0 Å². The number of aliphatic hydroxyl groups is 1. The van der Waals surface area contributed by atoms with E-state index in [1.807, 2.05) is 0 Å². The molecule has 1 saturated carbocycles. The second-order valence-corrected chi connectivity index (χ2v) is 5.51. The van der Waals surface area contributed by atoms with Crippen molar-refractivity contribution >= 4 is 46.4 Å². The van der Waals surface area contributed by atoms with Crippen molar-refractivity contribution in [2.24, 2.45) is 0 Å². The molecule has 0 heterocycles. The largest absolute Gasteiger partial charge is 0.391 e.